The average Bonchev–Trinajstić information content (AvgIpc) is 2.89. The first-order valence-corrected chi connectivity index (χ1v) is 8.50. The maximum atomic E-state index is 13.2. The summed E-state index contributed by atoms with van der Waals surface area (Å²) in [5.41, 5.74) is 4.49. The van der Waals surface area contributed by atoms with Crippen LogP contribution in [-0.4, -0.2) is 46.4 Å². The van der Waals surface area contributed by atoms with Crippen molar-refractivity contribution < 1.29 is 22.8 Å². The number of urea groups is 1. The van der Waals surface area contributed by atoms with Crippen LogP contribution in [0.5, 0.6) is 0 Å². The molecule has 0 radical (unpaired) electrons. The Hall–Kier alpha value is -2.72. The van der Waals surface area contributed by atoms with Crippen LogP contribution in [0.1, 0.15) is 11.1 Å². The fourth-order valence-electron chi connectivity index (χ4n) is 3.34. The number of carbonyl (C=O) groups is 2. The van der Waals surface area contributed by atoms with Gasteiger partial charge in [0, 0.05) is 18.8 Å². The van der Waals surface area contributed by atoms with Crippen LogP contribution in [0.25, 0.3) is 0 Å². The lowest BCUT2D eigenvalue weighted by atomic mass is 10.1. The number of hydrogen-bond donors (Lipinski definition) is 1. The summed E-state index contributed by atoms with van der Waals surface area (Å²) in [6.07, 6.45) is -0.566. The second-order valence-electron chi connectivity index (χ2n) is 6.46. The molecule has 1 aromatic carbocycles. The van der Waals surface area contributed by atoms with Gasteiger partial charge in [0.1, 0.15) is 19.3 Å². The molecule has 1 aromatic heterocycles. The lowest BCUT2D eigenvalue weighted by molar-refractivity contribution is -0.137. The van der Waals surface area contributed by atoms with Crippen LogP contribution in [0.2, 0.25) is 5.02 Å². The van der Waals surface area contributed by atoms with Crippen LogP contribution in [0.3, 0.4) is 0 Å². The van der Waals surface area contributed by atoms with E-state index in [1.54, 1.807) is 0 Å². The maximum absolute atomic E-state index is 13.2. The molecule has 2 N–H and O–H groups in total. The van der Waals surface area contributed by atoms with E-state index in [1.807, 2.05) is 0 Å². The molecule has 0 aliphatic carbocycles. The maximum Gasteiger partial charge on any atom is 0.426 e. The molecule has 2 aromatic rings. The zero-order chi connectivity index (χ0) is 20.7. The molecule has 2 atom stereocenters. The topological polar surface area (TPSA) is 89.2 Å². The fraction of sp³-hybridized carbons (Fsp3) is 0.294. The second kappa shape index (κ2) is 7.02. The van der Waals surface area contributed by atoms with E-state index in [2.05, 4.69) is 9.97 Å². The molecule has 3 rings (SSSR count). The molecular formula is C17H16ClF3N5O2+. The van der Waals surface area contributed by atoms with Gasteiger partial charge in [-0.25, -0.2) is 9.78 Å². The van der Waals surface area contributed by atoms with Gasteiger partial charge in [0.05, 0.1) is 16.8 Å². The van der Waals surface area contributed by atoms with Gasteiger partial charge in [0.2, 0.25) is 5.91 Å². The molecule has 2 heterocycles. The molecule has 7 nitrogen and oxygen atoms in total. The minimum Gasteiger partial charge on any atom is -0.368 e. The fourth-order valence-corrected chi connectivity index (χ4v) is 3.63. The number of alkyl halides is 3. The summed E-state index contributed by atoms with van der Waals surface area (Å²) in [5, 5.41) is -0.505. The number of rotatable bonds is 4. The van der Waals surface area contributed by atoms with Crippen molar-refractivity contribution in [2.75, 3.05) is 13.6 Å². The van der Waals surface area contributed by atoms with Gasteiger partial charge >= 0.3 is 12.2 Å². The SMILES string of the molecule is CN1C(=O)[N+](Cc2cccc(C(F)(F)F)c2Cl)(c2cnccn2)CC1C(N)=O. The molecule has 1 aliphatic heterocycles. The van der Waals surface area contributed by atoms with Crippen molar-refractivity contribution in [3.05, 3.63) is 52.9 Å². The Labute approximate surface area is 163 Å². The molecule has 0 saturated carbocycles. The summed E-state index contributed by atoms with van der Waals surface area (Å²) in [6.45, 7) is -0.343. The Bertz CT molecular complexity index is 925. The summed E-state index contributed by atoms with van der Waals surface area (Å²) in [7, 11) is 1.40. The lowest BCUT2D eigenvalue weighted by Crippen LogP contribution is -2.52. The summed E-state index contributed by atoms with van der Waals surface area (Å²) >= 11 is 6.02. The predicted octanol–water partition coefficient (Wildman–Crippen LogP) is 2.58. The minimum atomic E-state index is -4.65. The molecule has 11 heteroatoms. The van der Waals surface area contributed by atoms with E-state index in [1.165, 1.54) is 42.7 Å². The number of likely N-dealkylation sites (N-methyl/N-ethyl adjacent to an activating group) is 1. The van der Waals surface area contributed by atoms with Crippen molar-refractivity contribution in [1.29, 1.82) is 0 Å². The highest BCUT2D eigenvalue weighted by molar-refractivity contribution is 6.32. The number of benzene rings is 1. The van der Waals surface area contributed by atoms with Gasteiger partial charge in [0.15, 0.2) is 6.04 Å². The smallest absolute Gasteiger partial charge is 0.368 e. The predicted molar refractivity (Wildman–Crippen MR) is 95.0 cm³/mol. The molecule has 148 valence electrons. The van der Waals surface area contributed by atoms with E-state index in [0.717, 1.165) is 6.07 Å². The minimum absolute atomic E-state index is 0.0917. The van der Waals surface area contributed by atoms with E-state index in [9.17, 15) is 22.8 Å². The van der Waals surface area contributed by atoms with Crippen LogP contribution in [-0.2, 0) is 17.5 Å². The molecule has 3 amide bonds. The number of nitrogens with two attached hydrogens (primary N) is 1. The molecule has 0 bridgehead atoms. The largest absolute Gasteiger partial charge is 0.426 e. The molecular weight excluding hydrogens is 399 g/mol. The summed E-state index contributed by atoms with van der Waals surface area (Å²) in [6, 6.07) is 1.99. The zero-order valence-electron chi connectivity index (χ0n) is 14.7. The van der Waals surface area contributed by atoms with Crippen LogP contribution in [0, 0.1) is 0 Å². The van der Waals surface area contributed by atoms with Crippen molar-refractivity contribution in [2.24, 2.45) is 5.73 Å². The lowest BCUT2D eigenvalue weighted by Gasteiger charge is -2.29. The van der Waals surface area contributed by atoms with Gasteiger partial charge in [-0.1, -0.05) is 23.7 Å². The average molecular weight is 415 g/mol. The van der Waals surface area contributed by atoms with E-state index >= 15 is 0 Å². The Kier molecular flexibility index (Phi) is 5.02. The van der Waals surface area contributed by atoms with Gasteiger partial charge < -0.3 is 5.73 Å². The highest BCUT2D eigenvalue weighted by atomic mass is 35.5. The molecule has 1 fully saturated rings. The monoisotopic (exact) mass is 414 g/mol. The van der Waals surface area contributed by atoms with E-state index in [0.29, 0.717) is 0 Å². The first kappa shape index (κ1) is 20.0. The van der Waals surface area contributed by atoms with Crippen LogP contribution < -0.4 is 10.2 Å². The number of aromatic nitrogens is 2. The van der Waals surface area contributed by atoms with Crippen molar-refractivity contribution in [1.82, 2.24) is 19.4 Å². The molecule has 28 heavy (non-hydrogen) atoms. The highest BCUT2D eigenvalue weighted by Crippen LogP contribution is 2.39. The Balaban J connectivity index is 2.14. The third-order valence-corrected chi connectivity index (χ3v) is 5.21. The molecule has 1 aliphatic rings. The number of amides is 3. The normalized spacial score (nSPS) is 22.5. The first-order chi connectivity index (χ1) is 13.1. The highest BCUT2D eigenvalue weighted by Gasteiger charge is 2.55. The van der Waals surface area contributed by atoms with Gasteiger partial charge in [-0.15, -0.1) is 0 Å². The standard InChI is InChI=1S/C17H15ClF3N5O2/c1-25-12(15(22)27)9-26(16(25)28,13-7-23-5-6-24-13)8-10-3-2-4-11(14(10)18)17(19,20)21/h2-7,12H,8-9H2,1H3,(H-,22,27)/p+1. The second-order valence-corrected chi connectivity index (χ2v) is 6.84. The van der Waals surface area contributed by atoms with Gasteiger partial charge in [0.25, 0.3) is 5.82 Å². The van der Waals surface area contributed by atoms with Crippen molar-refractivity contribution in [2.45, 2.75) is 18.8 Å². The molecule has 0 spiro atoms. The van der Waals surface area contributed by atoms with Crippen molar-refractivity contribution >= 4 is 29.4 Å². The quantitative estimate of drug-likeness (QED) is 0.779. The molecule has 2 unspecified atom stereocenters. The summed E-state index contributed by atoms with van der Waals surface area (Å²) < 4.78 is 39.1. The Morgan fingerprint density at radius 3 is 2.64 bits per heavy atom. The number of halogens is 4. The number of primary amides is 1. The van der Waals surface area contributed by atoms with Crippen molar-refractivity contribution in [3.8, 4) is 0 Å². The van der Waals surface area contributed by atoms with E-state index in [-0.39, 0.29) is 24.5 Å². The third-order valence-electron chi connectivity index (χ3n) is 4.76. The zero-order valence-corrected chi connectivity index (χ0v) is 15.4. The van der Waals surface area contributed by atoms with Crippen LogP contribution >= 0.6 is 11.6 Å². The Morgan fingerprint density at radius 2 is 2.11 bits per heavy atom. The van der Waals surface area contributed by atoms with Gasteiger partial charge in [-0.2, -0.15) is 17.7 Å². The van der Waals surface area contributed by atoms with E-state index < -0.39 is 39.2 Å². The summed E-state index contributed by atoms with van der Waals surface area (Å²) in [5.74, 6) is -0.550. The summed E-state index contributed by atoms with van der Waals surface area (Å²) in [4.78, 5) is 34.2. The first-order valence-electron chi connectivity index (χ1n) is 8.13. The van der Waals surface area contributed by atoms with E-state index in [4.69, 9.17) is 17.3 Å². The number of nitrogens with zero attached hydrogens (tertiary/aromatic N) is 4. The Morgan fingerprint density at radius 1 is 1.39 bits per heavy atom. The van der Waals surface area contributed by atoms with Crippen molar-refractivity contribution in [3.63, 3.8) is 0 Å². The number of hydrogen-bond acceptors (Lipinski definition) is 4. The molecule has 1 saturated heterocycles. The van der Waals surface area contributed by atoms with Crippen LogP contribution in [0.4, 0.5) is 23.8 Å². The number of quaternary nitrogens is 1. The van der Waals surface area contributed by atoms with Crippen LogP contribution in [0.15, 0.2) is 36.8 Å². The van der Waals surface area contributed by atoms with Gasteiger partial charge in [-0.3, -0.25) is 14.7 Å². The number of carbonyl (C=O) groups excluding carboxylic acids is 2. The van der Waals surface area contributed by atoms with Gasteiger partial charge in [-0.05, 0) is 6.07 Å². The third kappa shape index (κ3) is 3.29.